The Balaban J connectivity index is 1.79. The molecule has 5 nitrogen and oxygen atoms in total. The average Bonchev–Trinajstić information content (AvgIpc) is 2.77. The molecule has 0 unspecified atom stereocenters. The highest BCUT2D eigenvalue weighted by Crippen LogP contribution is 2.24. The second kappa shape index (κ2) is 13.7. The minimum absolute atomic E-state index is 0.0682. The Morgan fingerprint density at radius 3 is 2.55 bits per heavy atom. The van der Waals surface area contributed by atoms with E-state index in [1.54, 1.807) is 0 Å². The van der Waals surface area contributed by atoms with Gasteiger partial charge in [0.2, 0.25) is 0 Å². The summed E-state index contributed by atoms with van der Waals surface area (Å²) in [7, 11) is 0. The van der Waals surface area contributed by atoms with Crippen molar-refractivity contribution < 1.29 is 14.3 Å². The Hall–Kier alpha value is -1.59. The predicted octanol–water partition coefficient (Wildman–Crippen LogP) is 6.03. The lowest BCUT2D eigenvalue weighted by Gasteiger charge is -2.33. The van der Waals surface area contributed by atoms with Crippen LogP contribution in [0.15, 0.2) is 24.3 Å². The Morgan fingerprint density at radius 2 is 1.87 bits per heavy atom. The molecule has 1 heterocycles. The van der Waals surface area contributed by atoms with Crippen LogP contribution in [-0.4, -0.2) is 48.8 Å². The van der Waals surface area contributed by atoms with E-state index < -0.39 is 5.60 Å². The lowest BCUT2D eigenvalue weighted by Crippen LogP contribution is -2.43. The van der Waals surface area contributed by atoms with Crippen molar-refractivity contribution >= 4 is 11.6 Å². The molecule has 1 fully saturated rings. The number of hydrogen-bond donors (Lipinski definition) is 1. The van der Waals surface area contributed by atoms with E-state index in [9.17, 15) is 4.79 Å². The first-order valence-electron chi connectivity index (χ1n) is 12.4. The second-order valence-electron chi connectivity index (χ2n) is 9.10. The Morgan fingerprint density at radius 1 is 1.10 bits per heavy atom. The van der Waals surface area contributed by atoms with Crippen LogP contribution in [0.3, 0.4) is 0 Å². The van der Waals surface area contributed by atoms with Crippen molar-refractivity contribution in [2.24, 2.45) is 0 Å². The smallest absolute Gasteiger partial charge is 0.256 e. The summed E-state index contributed by atoms with van der Waals surface area (Å²) in [6.45, 7) is 12.1. The number of piperidine rings is 1. The summed E-state index contributed by atoms with van der Waals surface area (Å²) in [5.41, 5.74) is -0.00679. The maximum atomic E-state index is 12.9. The molecule has 1 aliphatic heterocycles. The van der Waals surface area contributed by atoms with E-state index >= 15 is 0 Å². The van der Waals surface area contributed by atoms with Gasteiger partial charge in [-0.1, -0.05) is 39.5 Å². The maximum Gasteiger partial charge on any atom is 0.256 e. The van der Waals surface area contributed by atoms with Gasteiger partial charge < -0.3 is 19.7 Å². The summed E-state index contributed by atoms with van der Waals surface area (Å²) < 4.78 is 11.9. The fourth-order valence-corrected chi connectivity index (χ4v) is 4.14. The molecule has 0 aliphatic carbocycles. The molecule has 1 saturated heterocycles. The van der Waals surface area contributed by atoms with Gasteiger partial charge in [0.05, 0.1) is 6.61 Å². The first kappa shape index (κ1) is 25.7. The molecular formula is C26H44N2O3. The van der Waals surface area contributed by atoms with Crippen molar-refractivity contribution in [3.8, 4) is 5.75 Å². The van der Waals surface area contributed by atoms with Crippen LogP contribution in [0, 0.1) is 0 Å². The standard InChI is InChI=1S/C26H44N2O3/c1-5-7-9-17-26(4,31-20-6-2)25(29)27-23-13-15-24(16-14-23)30-21-11-19-28-18-10-8-12-22(28)3/h13-16,22H,5-12,17-21H2,1-4H3,(H,27,29)/t22-,26-/m1/s1. The number of rotatable bonds is 14. The summed E-state index contributed by atoms with van der Waals surface area (Å²) in [5, 5.41) is 3.03. The highest BCUT2D eigenvalue weighted by molar-refractivity contribution is 5.97. The van der Waals surface area contributed by atoms with Gasteiger partial charge in [0.15, 0.2) is 0 Å². The van der Waals surface area contributed by atoms with E-state index in [4.69, 9.17) is 9.47 Å². The van der Waals surface area contributed by atoms with Gasteiger partial charge in [0.25, 0.3) is 5.91 Å². The van der Waals surface area contributed by atoms with Crippen LogP contribution in [0.25, 0.3) is 0 Å². The highest BCUT2D eigenvalue weighted by Gasteiger charge is 2.33. The second-order valence-corrected chi connectivity index (χ2v) is 9.10. The molecule has 1 aromatic rings. The van der Waals surface area contributed by atoms with Crippen LogP contribution in [0.1, 0.15) is 85.5 Å². The lowest BCUT2D eigenvalue weighted by molar-refractivity contribution is -0.140. The number of anilines is 1. The van der Waals surface area contributed by atoms with Gasteiger partial charge in [-0.25, -0.2) is 0 Å². The van der Waals surface area contributed by atoms with Crippen LogP contribution >= 0.6 is 0 Å². The third-order valence-corrected chi connectivity index (χ3v) is 6.27. The molecule has 1 aromatic carbocycles. The quantitative estimate of drug-likeness (QED) is 0.364. The minimum atomic E-state index is -0.786. The van der Waals surface area contributed by atoms with Gasteiger partial charge in [-0.15, -0.1) is 0 Å². The van der Waals surface area contributed by atoms with Crippen LogP contribution < -0.4 is 10.1 Å². The summed E-state index contributed by atoms with van der Waals surface area (Å²) in [5.74, 6) is 0.777. The van der Waals surface area contributed by atoms with E-state index in [2.05, 4.69) is 31.0 Å². The third kappa shape index (κ3) is 8.82. The minimum Gasteiger partial charge on any atom is -0.494 e. The van der Waals surface area contributed by atoms with E-state index in [0.717, 1.165) is 63.1 Å². The SMILES string of the molecule is CCCCC[C@@](C)(OCCC)C(=O)Nc1ccc(OCCCN2CCCC[C@H]2C)cc1. The average molecular weight is 433 g/mol. The lowest BCUT2D eigenvalue weighted by atomic mass is 9.96. The Bertz CT molecular complexity index is 634. The molecule has 5 heteroatoms. The predicted molar refractivity (Wildman–Crippen MR) is 129 cm³/mol. The van der Waals surface area contributed by atoms with Gasteiger partial charge in [0, 0.05) is 24.9 Å². The zero-order valence-electron chi connectivity index (χ0n) is 20.3. The normalized spacial score (nSPS) is 19.0. The highest BCUT2D eigenvalue weighted by atomic mass is 16.5. The number of carbonyl (C=O) groups excluding carboxylic acids is 1. The van der Waals surface area contributed by atoms with E-state index in [-0.39, 0.29) is 5.91 Å². The third-order valence-electron chi connectivity index (χ3n) is 6.27. The molecular weight excluding hydrogens is 388 g/mol. The van der Waals surface area contributed by atoms with Crippen molar-refractivity contribution in [2.45, 2.75) is 97.1 Å². The molecule has 0 aromatic heterocycles. The molecule has 0 radical (unpaired) electrons. The van der Waals surface area contributed by atoms with Gasteiger partial charge in [0.1, 0.15) is 11.4 Å². The number of ether oxygens (including phenoxy) is 2. The van der Waals surface area contributed by atoms with E-state index in [1.807, 2.05) is 31.2 Å². The maximum absolute atomic E-state index is 12.9. The Kier molecular flexibility index (Phi) is 11.4. The number of benzene rings is 1. The van der Waals surface area contributed by atoms with Gasteiger partial charge in [-0.3, -0.25) is 4.79 Å². The molecule has 0 bridgehead atoms. The number of unbranched alkanes of at least 4 members (excludes halogenated alkanes) is 2. The fraction of sp³-hybridized carbons (Fsp3) is 0.731. The van der Waals surface area contributed by atoms with Crippen LogP contribution in [0.2, 0.25) is 0 Å². The Labute approximate surface area is 189 Å². The monoisotopic (exact) mass is 432 g/mol. The largest absolute Gasteiger partial charge is 0.494 e. The first-order chi connectivity index (χ1) is 15.0. The number of nitrogens with one attached hydrogen (secondary N) is 1. The number of hydrogen-bond acceptors (Lipinski definition) is 4. The van der Waals surface area contributed by atoms with Crippen molar-refractivity contribution in [1.29, 1.82) is 0 Å². The van der Waals surface area contributed by atoms with Crippen molar-refractivity contribution in [3.63, 3.8) is 0 Å². The van der Waals surface area contributed by atoms with Crippen molar-refractivity contribution in [3.05, 3.63) is 24.3 Å². The first-order valence-corrected chi connectivity index (χ1v) is 12.4. The van der Waals surface area contributed by atoms with E-state index in [1.165, 1.54) is 25.8 Å². The van der Waals surface area contributed by atoms with Crippen molar-refractivity contribution in [2.75, 3.05) is 31.6 Å². The molecule has 0 spiro atoms. The summed E-state index contributed by atoms with van der Waals surface area (Å²) >= 11 is 0. The van der Waals surface area contributed by atoms with Gasteiger partial charge in [-0.05, 0) is 76.8 Å². The molecule has 1 amide bonds. The van der Waals surface area contributed by atoms with Crippen LogP contribution in [-0.2, 0) is 9.53 Å². The molecule has 176 valence electrons. The van der Waals surface area contributed by atoms with E-state index in [0.29, 0.717) is 12.6 Å². The van der Waals surface area contributed by atoms with Crippen LogP contribution in [0.5, 0.6) is 5.75 Å². The van der Waals surface area contributed by atoms with Gasteiger partial charge >= 0.3 is 0 Å². The topological polar surface area (TPSA) is 50.8 Å². The molecule has 2 atom stereocenters. The molecule has 0 saturated carbocycles. The van der Waals surface area contributed by atoms with Gasteiger partial charge in [-0.2, -0.15) is 0 Å². The van der Waals surface area contributed by atoms with Crippen molar-refractivity contribution in [1.82, 2.24) is 4.90 Å². The molecule has 1 N–H and O–H groups in total. The fourth-order valence-electron chi connectivity index (χ4n) is 4.14. The number of amides is 1. The number of likely N-dealkylation sites (tertiary alicyclic amines) is 1. The summed E-state index contributed by atoms with van der Waals surface area (Å²) in [6.07, 6.45) is 9.91. The zero-order chi connectivity index (χ0) is 22.5. The summed E-state index contributed by atoms with van der Waals surface area (Å²) in [4.78, 5) is 15.5. The zero-order valence-corrected chi connectivity index (χ0v) is 20.3. The number of carbonyl (C=O) groups is 1. The summed E-state index contributed by atoms with van der Waals surface area (Å²) in [6, 6.07) is 8.38. The van der Waals surface area contributed by atoms with Crippen LogP contribution in [0.4, 0.5) is 5.69 Å². The molecule has 1 aliphatic rings. The number of nitrogens with zero attached hydrogens (tertiary/aromatic N) is 1. The molecule has 31 heavy (non-hydrogen) atoms. The molecule has 2 rings (SSSR count).